The number of nitrogens with zero attached hydrogens (tertiary/aromatic N) is 1. The smallest absolute Gasteiger partial charge is 0.100 e. The Labute approximate surface area is 75.8 Å². The van der Waals surface area contributed by atoms with E-state index in [4.69, 9.17) is 0 Å². The van der Waals surface area contributed by atoms with Crippen LogP contribution in [-0.4, -0.2) is 11.9 Å². The predicted octanol–water partition coefficient (Wildman–Crippen LogP) is 2.72. The molecule has 0 aliphatic rings. The topological polar surface area (TPSA) is 24.4 Å². The molecule has 0 aromatic carbocycles. The first-order valence-electron chi connectivity index (χ1n) is 4.68. The molecule has 0 aromatic heterocycles. The van der Waals surface area contributed by atoms with Crippen molar-refractivity contribution in [2.45, 2.75) is 46.6 Å². The Bertz CT molecular complexity index is 159. The van der Waals surface area contributed by atoms with Crippen molar-refractivity contribution in [1.29, 1.82) is 0 Å². The first kappa shape index (κ1) is 11.2. The van der Waals surface area contributed by atoms with Crippen molar-refractivity contribution < 1.29 is 0 Å². The molecule has 0 aromatic rings. The Morgan fingerprint density at radius 3 is 2.58 bits per heavy atom. The molecule has 0 heterocycles. The summed E-state index contributed by atoms with van der Waals surface area (Å²) in [5.41, 5.74) is 0. The van der Waals surface area contributed by atoms with Crippen molar-refractivity contribution in [2.75, 3.05) is 0 Å². The van der Waals surface area contributed by atoms with E-state index in [0.717, 1.165) is 18.7 Å². The highest BCUT2D eigenvalue weighted by Gasteiger charge is 1.96. The van der Waals surface area contributed by atoms with Gasteiger partial charge in [0.05, 0.1) is 0 Å². The van der Waals surface area contributed by atoms with Crippen LogP contribution in [0.5, 0.6) is 0 Å². The van der Waals surface area contributed by atoms with Crippen LogP contribution >= 0.6 is 0 Å². The molecule has 0 fully saturated rings. The van der Waals surface area contributed by atoms with Crippen molar-refractivity contribution in [2.24, 2.45) is 4.99 Å². The van der Waals surface area contributed by atoms with Crippen LogP contribution in [0, 0.1) is 0 Å². The fraction of sp³-hybridized carbons (Fsp3) is 0.700. The molecule has 0 aliphatic heterocycles. The van der Waals surface area contributed by atoms with Gasteiger partial charge in [0.2, 0.25) is 0 Å². The predicted molar refractivity (Wildman–Crippen MR) is 55.4 cm³/mol. The maximum absolute atomic E-state index is 4.51. The van der Waals surface area contributed by atoms with Crippen LogP contribution in [0.4, 0.5) is 0 Å². The third-order valence-electron chi connectivity index (χ3n) is 1.72. The molecule has 1 N–H and O–H groups in total. The lowest BCUT2D eigenvalue weighted by Crippen LogP contribution is -2.18. The maximum Gasteiger partial charge on any atom is 0.100 e. The number of hydrogen-bond acceptors (Lipinski definition) is 1. The summed E-state index contributed by atoms with van der Waals surface area (Å²) in [4.78, 5) is 4.51. The molecule has 0 rings (SSSR count). The third kappa shape index (κ3) is 4.94. The molecule has 1 unspecified atom stereocenters. The molecular formula is C10H20N2. The summed E-state index contributed by atoms with van der Waals surface area (Å²) in [7, 11) is 0. The molecule has 2 nitrogen and oxygen atoms in total. The van der Waals surface area contributed by atoms with Gasteiger partial charge in [0.1, 0.15) is 5.84 Å². The summed E-state index contributed by atoms with van der Waals surface area (Å²) in [5, 5.41) is 3.15. The molecule has 0 radical (unpaired) electrons. The molecule has 0 bridgehead atoms. The van der Waals surface area contributed by atoms with Crippen molar-refractivity contribution in [1.82, 2.24) is 5.32 Å². The zero-order valence-corrected chi connectivity index (χ0v) is 8.59. The minimum atomic E-state index is 0.428. The Balaban J connectivity index is 4.02. The second kappa shape index (κ2) is 6.89. The summed E-state index contributed by atoms with van der Waals surface area (Å²) >= 11 is 0. The van der Waals surface area contributed by atoms with Crippen LogP contribution in [0.2, 0.25) is 0 Å². The molecule has 1 atom stereocenters. The van der Waals surface area contributed by atoms with E-state index in [0.29, 0.717) is 6.04 Å². The molecule has 0 amide bonds. The molecule has 12 heavy (non-hydrogen) atoms. The van der Waals surface area contributed by atoms with Gasteiger partial charge >= 0.3 is 0 Å². The Kier molecular flexibility index (Phi) is 6.44. The van der Waals surface area contributed by atoms with E-state index >= 15 is 0 Å². The van der Waals surface area contributed by atoms with E-state index < -0.39 is 0 Å². The molecule has 70 valence electrons. The van der Waals surface area contributed by atoms with Gasteiger partial charge in [0.15, 0.2) is 0 Å². The normalized spacial score (nSPS) is 15.2. The molecule has 0 spiro atoms. The number of allylic oxidation sites excluding steroid dienone is 1. The third-order valence-corrected chi connectivity index (χ3v) is 1.72. The van der Waals surface area contributed by atoms with E-state index in [1.54, 1.807) is 0 Å². The van der Waals surface area contributed by atoms with Crippen LogP contribution in [0.25, 0.3) is 0 Å². The van der Waals surface area contributed by atoms with Crippen LogP contribution in [0.1, 0.15) is 40.5 Å². The number of amidine groups is 1. The van der Waals surface area contributed by atoms with Crippen LogP contribution < -0.4 is 5.32 Å². The Morgan fingerprint density at radius 1 is 1.50 bits per heavy atom. The van der Waals surface area contributed by atoms with E-state index in [-0.39, 0.29) is 0 Å². The quantitative estimate of drug-likeness (QED) is 0.506. The summed E-state index contributed by atoms with van der Waals surface area (Å²) in [6.07, 6.45) is 5.96. The van der Waals surface area contributed by atoms with Crippen molar-refractivity contribution >= 4 is 5.84 Å². The van der Waals surface area contributed by atoms with Gasteiger partial charge in [0.25, 0.3) is 0 Å². The minimum Gasteiger partial charge on any atom is -0.351 e. The summed E-state index contributed by atoms with van der Waals surface area (Å²) in [6, 6.07) is 0.428. The van der Waals surface area contributed by atoms with Crippen LogP contribution in [0.15, 0.2) is 17.3 Å². The maximum atomic E-state index is 4.51. The van der Waals surface area contributed by atoms with Gasteiger partial charge in [-0.05, 0) is 26.5 Å². The van der Waals surface area contributed by atoms with Gasteiger partial charge in [-0.15, -0.1) is 0 Å². The average Bonchev–Trinajstić information content (AvgIpc) is 2.11. The zero-order chi connectivity index (χ0) is 9.40. The molecule has 2 heteroatoms. The number of aliphatic imine (C=N–C) groups is 1. The van der Waals surface area contributed by atoms with Crippen LogP contribution in [0.3, 0.4) is 0 Å². The van der Waals surface area contributed by atoms with Gasteiger partial charge in [0, 0.05) is 12.5 Å². The van der Waals surface area contributed by atoms with Gasteiger partial charge in [-0.3, -0.25) is 4.99 Å². The lowest BCUT2D eigenvalue weighted by molar-refractivity contribution is 0.710. The molecule has 0 saturated heterocycles. The van der Waals surface area contributed by atoms with Gasteiger partial charge < -0.3 is 5.32 Å². The van der Waals surface area contributed by atoms with E-state index in [9.17, 15) is 0 Å². The minimum absolute atomic E-state index is 0.428. The second-order valence-corrected chi connectivity index (χ2v) is 2.83. The molecule has 0 aliphatic carbocycles. The van der Waals surface area contributed by atoms with Crippen molar-refractivity contribution in [3.05, 3.63) is 12.3 Å². The number of hydrogen-bond donors (Lipinski definition) is 1. The van der Waals surface area contributed by atoms with E-state index in [2.05, 4.69) is 31.1 Å². The largest absolute Gasteiger partial charge is 0.351 e. The fourth-order valence-electron chi connectivity index (χ4n) is 0.767. The monoisotopic (exact) mass is 168 g/mol. The Hall–Kier alpha value is -0.790. The van der Waals surface area contributed by atoms with Crippen LogP contribution in [-0.2, 0) is 0 Å². The molecule has 0 saturated carbocycles. The SMILES string of the molecule is C/C=C\NC(CC)=NC(C)CC. The van der Waals surface area contributed by atoms with Gasteiger partial charge in [-0.25, -0.2) is 0 Å². The van der Waals surface area contributed by atoms with Gasteiger partial charge in [-0.1, -0.05) is 19.9 Å². The van der Waals surface area contributed by atoms with E-state index in [1.165, 1.54) is 0 Å². The standard InChI is InChI=1S/C10H20N2/c1-5-8-11-10(7-3)12-9(4)6-2/h5,8-9H,6-7H2,1-4H3,(H,11,12)/b8-5-. The second-order valence-electron chi connectivity index (χ2n) is 2.83. The zero-order valence-electron chi connectivity index (χ0n) is 8.59. The first-order valence-corrected chi connectivity index (χ1v) is 4.68. The highest BCUT2D eigenvalue weighted by atomic mass is 15.0. The lowest BCUT2D eigenvalue weighted by Gasteiger charge is -2.07. The van der Waals surface area contributed by atoms with Crippen molar-refractivity contribution in [3.8, 4) is 0 Å². The lowest BCUT2D eigenvalue weighted by atomic mass is 10.3. The Morgan fingerprint density at radius 2 is 2.17 bits per heavy atom. The summed E-state index contributed by atoms with van der Waals surface area (Å²) < 4.78 is 0. The summed E-state index contributed by atoms with van der Waals surface area (Å²) in [5.74, 6) is 1.07. The van der Waals surface area contributed by atoms with E-state index in [1.807, 2.05) is 19.2 Å². The fourth-order valence-corrected chi connectivity index (χ4v) is 0.767. The number of rotatable bonds is 4. The van der Waals surface area contributed by atoms with Crippen molar-refractivity contribution in [3.63, 3.8) is 0 Å². The first-order chi connectivity index (χ1) is 5.74. The average molecular weight is 168 g/mol. The number of nitrogens with one attached hydrogen (secondary N) is 1. The molecular weight excluding hydrogens is 148 g/mol. The summed E-state index contributed by atoms with van der Waals surface area (Å²) in [6.45, 7) is 8.38. The van der Waals surface area contributed by atoms with Gasteiger partial charge in [-0.2, -0.15) is 0 Å². The highest BCUT2D eigenvalue weighted by Crippen LogP contribution is 1.96. The highest BCUT2D eigenvalue weighted by molar-refractivity contribution is 5.82.